The van der Waals surface area contributed by atoms with E-state index in [4.69, 9.17) is 9.26 Å². The van der Waals surface area contributed by atoms with Gasteiger partial charge in [0.15, 0.2) is 5.76 Å². The first-order valence-corrected chi connectivity index (χ1v) is 9.76. The Hall–Kier alpha value is -1.74. The monoisotopic (exact) mass is 365 g/mol. The third kappa shape index (κ3) is 4.27. The van der Waals surface area contributed by atoms with E-state index >= 15 is 0 Å². The number of aryl methyl sites for hydroxylation is 2. The maximum Gasteiger partial charge on any atom is 0.246 e. The van der Waals surface area contributed by atoms with Gasteiger partial charge in [-0.05, 0) is 19.4 Å². The molecule has 3 rings (SSSR count). The third-order valence-electron chi connectivity index (χ3n) is 4.28. The van der Waals surface area contributed by atoms with Gasteiger partial charge in [-0.1, -0.05) is 35.5 Å². The number of aromatic nitrogens is 1. The van der Waals surface area contributed by atoms with Crippen LogP contribution in [0.25, 0.3) is 0 Å². The number of benzene rings is 1. The van der Waals surface area contributed by atoms with E-state index in [9.17, 15) is 8.42 Å². The van der Waals surface area contributed by atoms with Crippen molar-refractivity contribution in [1.82, 2.24) is 14.8 Å². The zero-order chi connectivity index (χ0) is 17.9. The predicted molar refractivity (Wildman–Crippen MR) is 92.7 cm³/mol. The van der Waals surface area contributed by atoms with Crippen molar-refractivity contribution >= 4 is 10.0 Å². The molecule has 8 heteroatoms. The summed E-state index contributed by atoms with van der Waals surface area (Å²) < 4.78 is 39.0. The van der Waals surface area contributed by atoms with Crippen LogP contribution in [0.15, 0.2) is 39.8 Å². The zero-order valence-corrected chi connectivity index (χ0v) is 15.3. The maximum absolute atomic E-state index is 12.9. The fraction of sp³-hybridized carbons (Fsp3) is 0.471. The Bertz CT molecular complexity index is 779. The maximum atomic E-state index is 12.9. The van der Waals surface area contributed by atoms with Gasteiger partial charge in [-0.3, -0.25) is 4.90 Å². The van der Waals surface area contributed by atoms with Gasteiger partial charge in [-0.25, -0.2) is 13.1 Å². The van der Waals surface area contributed by atoms with Crippen LogP contribution < -0.4 is 4.72 Å². The Morgan fingerprint density at radius 3 is 2.48 bits per heavy atom. The number of morpholine rings is 1. The first-order chi connectivity index (χ1) is 12.0. The summed E-state index contributed by atoms with van der Waals surface area (Å²) >= 11 is 0. The second-order valence-electron chi connectivity index (χ2n) is 6.15. The SMILES string of the molecule is Cc1noc(C)c1S(=O)(=O)N[C@@H](CN1CCOCC1)c1ccccc1. The minimum atomic E-state index is -3.74. The molecule has 2 aromatic rings. The Labute approximate surface area is 148 Å². The normalized spacial score (nSPS) is 17.5. The molecule has 7 nitrogen and oxygen atoms in total. The molecule has 1 saturated heterocycles. The van der Waals surface area contributed by atoms with Crippen LogP contribution in [0, 0.1) is 13.8 Å². The Kier molecular flexibility index (Phi) is 5.53. The summed E-state index contributed by atoms with van der Waals surface area (Å²) in [6.45, 7) is 6.72. The number of hydrogen-bond acceptors (Lipinski definition) is 6. The summed E-state index contributed by atoms with van der Waals surface area (Å²) in [6, 6.07) is 9.23. The highest BCUT2D eigenvalue weighted by molar-refractivity contribution is 7.89. The van der Waals surface area contributed by atoms with Crippen LogP contribution in [0.5, 0.6) is 0 Å². The molecule has 2 heterocycles. The van der Waals surface area contributed by atoms with Crippen LogP contribution in [0.1, 0.15) is 23.1 Å². The molecule has 0 unspecified atom stereocenters. The largest absolute Gasteiger partial charge is 0.379 e. The minimum absolute atomic E-state index is 0.121. The van der Waals surface area contributed by atoms with Gasteiger partial charge in [0, 0.05) is 19.6 Å². The average molecular weight is 365 g/mol. The minimum Gasteiger partial charge on any atom is -0.379 e. The summed E-state index contributed by atoms with van der Waals surface area (Å²) in [6.07, 6.45) is 0. The summed E-state index contributed by atoms with van der Waals surface area (Å²) in [5.41, 5.74) is 1.28. The lowest BCUT2D eigenvalue weighted by Gasteiger charge is -2.31. The van der Waals surface area contributed by atoms with Crippen LogP contribution in [0.3, 0.4) is 0 Å². The van der Waals surface area contributed by atoms with E-state index in [1.807, 2.05) is 30.3 Å². The lowest BCUT2D eigenvalue weighted by molar-refractivity contribution is 0.0345. The molecule has 0 saturated carbocycles. The number of nitrogens with zero attached hydrogens (tertiary/aromatic N) is 2. The van der Waals surface area contributed by atoms with Crippen molar-refractivity contribution in [2.75, 3.05) is 32.8 Å². The van der Waals surface area contributed by atoms with E-state index in [1.54, 1.807) is 13.8 Å². The van der Waals surface area contributed by atoms with E-state index in [-0.39, 0.29) is 10.9 Å². The van der Waals surface area contributed by atoms with Gasteiger partial charge in [0.25, 0.3) is 0 Å². The number of hydrogen-bond donors (Lipinski definition) is 1. The fourth-order valence-corrected chi connectivity index (χ4v) is 4.59. The first-order valence-electron chi connectivity index (χ1n) is 8.27. The molecule has 136 valence electrons. The standard InChI is InChI=1S/C17H23N3O4S/c1-13-17(14(2)24-18-13)25(21,22)19-16(15-6-4-3-5-7-15)12-20-8-10-23-11-9-20/h3-7,16,19H,8-12H2,1-2H3/t16-/m0/s1. The molecule has 0 spiro atoms. The molecule has 1 aliphatic rings. The average Bonchev–Trinajstić information content (AvgIpc) is 2.95. The summed E-state index contributed by atoms with van der Waals surface area (Å²) in [7, 11) is -3.74. The lowest BCUT2D eigenvalue weighted by atomic mass is 10.1. The molecule has 1 N–H and O–H groups in total. The van der Waals surface area contributed by atoms with E-state index in [0.717, 1.165) is 18.7 Å². The molecule has 25 heavy (non-hydrogen) atoms. The Morgan fingerprint density at radius 2 is 1.88 bits per heavy atom. The van der Waals surface area contributed by atoms with Gasteiger partial charge in [-0.15, -0.1) is 0 Å². The van der Waals surface area contributed by atoms with Gasteiger partial charge in [-0.2, -0.15) is 0 Å². The van der Waals surface area contributed by atoms with Crippen LogP contribution in [0.4, 0.5) is 0 Å². The highest BCUT2D eigenvalue weighted by Gasteiger charge is 2.29. The van der Waals surface area contributed by atoms with E-state index in [0.29, 0.717) is 31.2 Å². The van der Waals surface area contributed by atoms with Crippen LogP contribution in [0.2, 0.25) is 0 Å². The van der Waals surface area contributed by atoms with E-state index < -0.39 is 10.0 Å². The fourth-order valence-electron chi connectivity index (χ4n) is 3.04. The second kappa shape index (κ2) is 7.65. The molecule has 1 atom stereocenters. The number of nitrogens with one attached hydrogen (secondary N) is 1. The second-order valence-corrected chi connectivity index (χ2v) is 7.80. The Balaban J connectivity index is 1.86. The van der Waals surface area contributed by atoms with Crippen LogP contribution in [-0.4, -0.2) is 51.3 Å². The first kappa shape index (κ1) is 18.1. The van der Waals surface area contributed by atoms with Crippen molar-refractivity contribution in [2.24, 2.45) is 0 Å². The summed E-state index contributed by atoms with van der Waals surface area (Å²) in [4.78, 5) is 2.33. The molecule has 1 fully saturated rings. The van der Waals surface area contributed by atoms with Gasteiger partial charge in [0.05, 0.1) is 19.3 Å². The van der Waals surface area contributed by atoms with Crippen LogP contribution in [-0.2, 0) is 14.8 Å². The molecular weight excluding hydrogens is 342 g/mol. The molecule has 1 aliphatic heterocycles. The molecular formula is C17H23N3O4S. The quantitative estimate of drug-likeness (QED) is 0.838. The smallest absolute Gasteiger partial charge is 0.246 e. The van der Waals surface area contributed by atoms with Crippen molar-refractivity contribution in [3.63, 3.8) is 0 Å². The van der Waals surface area contributed by atoms with Gasteiger partial charge in [0.1, 0.15) is 10.6 Å². The van der Waals surface area contributed by atoms with Gasteiger partial charge < -0.3 is 9.26 Å². The van der Waals surface area contributed by atoms with Crippen molar-refractivity contribution in [3.05, 3.63) is 47.3 Å². The lowest BCUT2D eigenvalue weighted by Crippen LogP contribution is -2.43. The van der Waals surface area contributed by atoms with Crippen molar-refractivity contribution < 1.29 is 17.7 Å². The Morgan fingerprint density at radius 1 is 1.20 bits per heavy atom. The number of ether oxygens (including phenoxy) is 1. The molecule has 0 aliphatic carbocycles. The third-order valence-corrected chi connectivity index (χ3v) is 6.00. The molecule has 0 bridgehead atoms. The van der Waals surface area contributed by atoms with Crippen molar-refractivity contribution in [3.8, 4) is 0 Å². The molecule has 1 aromatic carbocycles. The predicted octanol–water partition coefficient (Wildman–Crippen LogP) is 1.64. The topological polar surface area (TPSA) is 84.7 Å². The molecule has 1 aromatic heterocycles. The van der Waals surface area contributed by atoms with Crippen LogP contribution >= 0.6 is 0 Å². The summed E-state index contributed by atoms with van der Waals surface area (Å²) in [5, 5.41) is 3.76. The molecule has 0 radical (unpaired) electrons. The highest BCUT2D eigenvalue weighted by atomic mass is 32.2. The van der Waals surface area contributed by atoms with E-state index in [1.165, 1.54) is 0 Å². The number of rotatable bonds is 6. The summed E-state index contributed by atoms with van der Waals surface area (Å²) in [5.74, 6) is 0.295. The zero-order valence-electron chi connectivity index (χ0n) is 14.4. The van der Waals surface area contributed by atoms with Gasteiger partial charge in [0.2, 0.25) is 10.0 Å². The van der Waals surface area contributed by atoms with Crippen molar-refractivity contribution in [1.29, 1.82) is 0 Å². The van der Waals surface area contributed by atoms with Gasteiger partial charge >= 0.3 is 0 Å². The van der Waals surface area contributed by atoms with E-state index in [2.05, 4.69) is 14.8 Å². The number of sulfonamides is 1. The highest BCUT2D eigenvalue weighted by Crippen LogP contribution is 2.23. The molecule has 0 amide bonds. The van der Waals surface area contributed by atoms with Crippen molar-refractivity contribution in [2.45, 2.75) is 24.8 Å².